The summed E-state index contributed by atoms with van der Waals surface area (Å²) >= 11 is 0. The Morgan fingerprint density at radius 2 is 1.26 bits per heavy atom. The smallest absolute Gasteiger partial charge is 0.158 e. The van der Waals surface area contributed by atoms with Crippen LogP contribution >= 0.6 is 0 Å². The van der Waals surface area contributed by atoms with Gasteiger partial charge in [-0.2, -0.15) is 0 Å². The van der Waals surface area contributed by atoms with Crippen molar-refractivity contribution in [2.75, 3.05) is 7.11 Å². The number of fused-ring (bicyclic) bond motifs is 3. The van der Waals surface area contributed by atoms with E-state index in [-0.39, 0.29) is 24.6 Å². The maximum Gasteiger partial charge on any atom is 0.158 e. The molecule has 0 saturated heterocycles. The van der Waals surface area contributed by atoms with E-state index in [4.69, 9.17) is 14.2 Å². The highest BCUT2D eigenvalue weighted by Crippen LogP contribution is 2.46. The highest BCUT2D eigenvalue weighted by molar-refractivity contribution is 5.79. The Hall–Kier alpha value is -1.68. The van der Waals surface area contributed by atoms with E-state index in [1.165, 1.54) is 22.3 Å². The predicted octanol–water partition coefficient (Wildman–Crippen LogP) is 4.56. The quantitative estimate of drug-likeness (QED) is 0.732. The second-order valence-electron chi connectivity index (χ2n) is 6.00. The summed E-state index contributed by atoms with van der Waals surface area (Å²) in [7, 11) is 1.63. The van der Waals surface area contributed by atoms with Gasteiger partial charge in [-0.1, -0.05) is 48.5 Å². The zero-order chi connectivity index (χ0) is 16.4. The number of rotatable bonds is 6. The van der Waals surface area contributed by atoms with Crippen LogP contribution in [0.1, 0.15) is 37.8 Å². The van der Waals surface area contributed by atoms with Crippen LogP contribution in [0.15, 0.2) is 48.5 Å². The van der Waals surface area contributed by atoms with Crippen LogP contribution in [0.2, 0.25) is 0 Å². The monoisotopic (exact) mass is 312 g/mol. The third-order valence-corrected chi connectivity index (χ3v) is 4.47. The van der Waals surface area contributed by atoms with Crippen molar-refractivity contribution >= 4 is 0 Å². The highest BCUT2D eigenvalue weighted by Gasteiger charge is 2.33. The molecule has 0 radical (unpaired) electrons. The van der Waals surface area contributed by atoms with Crippen molar-refractivity contribution in [3.63, 3.8) is 0 Å². The third-order valence-electron chi connectivity index (χ3n) is 4.47. The summed E-state index contributed by atoms with van der Waals surface area (Å²) in [6.07, 6.45) is -0.584. The van der Waals surface area contributed by atoms with Crippen LogP contribution in [0.25, 0.3) is 11.1 Å². The van der Waals surface area contributed by atoms with Crippen LogP contribution in [-0.2, 0) is 14.2 Å². The van der Waals surface area contributed by atoms with Gasteiger partial charge in [-0.25, -0.2) is 0 Å². The largest absolute Gasteiger partial charge is 0.356 e. The lowest BCUT2D eigenvalue weighted by Gasteiger charge is -2.27. The maximum absolute atomic E-state index is 6.12. The summed E-state index contributed by atoms with van der Waals surface area (Å²) in [6, 6.07) is 17.1. The summed E-state index contributed by atoms with van der Waals surface area (Å²) < 4.78 is 16.9. The first-order valence-corrected chi connectivity index (χ1v) is 8.13. The second kappa shape index (κ2) is 6.83. The number of benzene rings is 2. The van der Waals surface area contributed by atoms with Gasteiger partial charge in [0.25, 0.3) is 0 Å². The van der Waals surface area contributed by atoms with Gasteiger partial charge >= 0.3 is 0 Å². The molecule has 0 heterocycles. The van der Waals surface area contributed by atoms with E-state index in [1.807, 2.05) is 13.8 Å². The molecule has 0 amide bonds. The van der Waals surface area contributed by atoms with Crippen LogP contribution in [-0.4, -0.2) is 25.8 Å². The van der Waals surface area contributed by atoms with Gasteiger partial charge in [-0.3, -0.25) is 0 Å². The summed E-state index contributed by atoms with van der Waals surface area (Å²) in [5.41, 5.74) is 5.27. The lowest BCUT2D eigenvalue weighted by Crippen LogP contribution is -2.28. The molecule has 3 heteroatoms. The number of methoxy groups -OCH3 is 1. The molecule has 23 heavy (non-hydrogen) atoms. The Labute approximate surface area is 138 Å². The van der Waals surface area contributed by atoms with E-state index < -0.39 is 0 Å². The summed E-state index contributed by atoms with van der Waals surface area (Å²) in [4.78, 5) is 0. The minimum atomic E-state index is -0.320. The van der Waals surface area contributed by atoms with Crippen LogP contribution in [0.4, 0.5) is 0 Å². The first-order valence-electron chi connectivity index (χ1n) is 8.13. The van der Waals surface area contributed by atoms with Gasteiger partial charge in [0.1, 0.15) is 0 Å². The molecule has 3 atom stereocenters. The van der Waals surface area contributed by atoms with Gasteiger partial charge in [-0.05, 0) is 43.0 Å². The fourth-order valence-electron chi connectivity index (χ4n) is 3.44. The molecule has 2 aromatic rings. The number of hydrogen-bond acceptors (Lipinski definition) is 3. The van der Waals surface area contributed by atoms with Gasteiger partial charge in [-0.15, -0.1) is 0 Å². The van der Waals surface area contributed by atoms with E-state index in [0.717, 1.165) is 0 Å². The normalized spacial score (nSPS) is 17.4. The Bertz CT molecular complexity index is 622. The average molecular weight is 312 g/mol. The van der Waals surface area contributed by atoms with Gasteiger partial charge in [0, 0.05) is 13.0 Å². The zero-order valence-electron chi connectivity index (χ0n) is 14.2. The Morgan fingerprint density at radius 1 is 0.739 bits per heavy atom. The molecule has 0 bridgehead atoms. The molecule has 122 valence electrons. The van der Waals surface area contributed by atoms with E-state index in [9.17, 15) is 0 Å². The molecule has 1 aliphatic carbocycles. The van der Waals surface area contributed by atoms with Crippen molar-refractivity contribution in [1.29, 1.82) is 0 Å². The number of hydrogen-bond donors (Lipinski definition) is 0. The zero-order valence-corrected chi connectivity index (χ0v) is 14.2. The topological polar surface area (TPSA) is 27.7 Å². The number of ether oxygens (including phenoxy) is 3. The maximum atomic E-state index is 6.12. The molecule has 2 aromatic carbocycles. The molecule has 1 aliphatic rings. The molecule has 0 spiro atoms. The standard InChI is InChI=1S/C20H24O3/c1-13(22-15(3)23-14(2)21-4)20-18-11-7-5-9-16(18)17-10-6-8-12-19(17)20/h5-15,20H,1-4H3. The molecule has 3 rings (SSSR count). The molecule has 0 aromatic heterocycles. The summed E-state index contributed by atoms with van der Waals surface area (Å²) in [5.74, 6) is 0.228. The molecule has 0 fully saturated rings. The minimum Gasteiger partial charge on any atom is -0.356 e. The SMILES string of the molecule is COC(C)OC(C)OC(C)C1c2ccccc2-c2ccccc21. The van der Waals surface area contributed by atoms with Crippen molar-refractivity contribution < 1.29 is 14.2 Å². The van der Waals surface area contributed by atoms with Gasteiger partial charge in [0.05, 0.1) is 6.10 Å². The van der Waals surface area contributed by atoms with Crippen LogP contribution < -0.4 is 0 Å². The second-order valence-corrected chi connectivity index (χ2v) is 6.00. The van der Waals surface area contributed by atoms with Gasteiger partial charge in [0.2, 0.25) is 0 Å². The highest BCUT2D eigenvalue weighted by atomic mass is 16.8. The van der Waals surface area contributed by atoms with Gasteiger partial charge < -0.3 is 14.2 Å². The predicted molar refractivity (Wildman–Crippen MR) is 91.3 cm³/mol. The molecule has 0 aliphatic heterocycles. The fraction of sp³-hybridized carbons (Fsp3) is 0.400. The van der Waals surface area contributed by atoms with E-state index in [1.54, 1.807) is 7.11 Å². The van der Waals surface area contributed by atoms with E-state index >= 15 is 0 Å². The molecular weight excluding hydrogens is 288 g/mol. The molecule has 0 saturated carbocycles. The summed E-state index contributed by atoms with van der Waals surface area (Å²) in [6.45, 7) is 5.89. The van der Waals surface area contributed by atoms with Crippen molar-refractivity contribution in [2.45, 2.75) is 45.4 Å². The summed E-state index contributed by atoms with van der Waals surface area (Å²) in [5, 5.41) is 0. The van der Waals surface area contributed by atoms with Crippen LogP contribution in [0, 0.1) is 0 Å². The van der Waals surface area contributed by atoms with Gasteiger partial charge in [0.15, 0.2) is 12.6 Å². The van der Waals surface area contributed by atoms with Crippen molar-refractivity contribution in [3.05, 3.63) is 59.7 Å². The Morgan fingerprint density at radius 3 is 1.78 bits per heavy atom. The first-order chi connectivity index (χ1) is 11.1. The van der Waals surface area contributed by atoms with E-state index in [0.29, 0.717) is 0 Å². The average Bonchev–Trinajstić information content (AvgIpc) is 2.89. The Kier molecular flexibility index (Phi) is 4.81. The fourth-order valence-corrected chi connectivity index (χ4v) is 3.44. The van der Waals surface area contributed by atoms with E-state index in [2.05, 4.69) is 55.5 Å². The first kappa shape index (κ1) is 16.2. The van der Waals surface area contributed by atoms with Crippen molar-refractivity contribution in [2.24, 2.45) is 0 Å². The molecular formula is C20H24O3. The van der Waals surface area contributed by atoms with Crippen LogP contribution in [0.3, 0.4) is 0 Å². The van der Waals surface area contributed by atoms with Crippen molar-refractivity contribution in [3.8, 4) is 11.1 Å². The molecule has 0 N–H and O–H groups in total. The molecule has 3 unspecified atom stereocenters. The minimum absolute atomic E-state index is 0.0128. The van der Waals surface area contributed by atoms with Crippen LogP contribution in [0.5, 0.6) is 0 Å². The molecule has 3 nitrogen and oxygen atoms in total. The lowest BCUT2D eigenvalue weighted by molar-refractivity contribution is -0.236. The van der Waals surface area contributed by atoms with Crippen molar-refractivity contribution in [1.82, 2.24) is 0 Å². The third kappa shape index (κ3) is 3.18. The lowest BCUT2D eigenvalue weighted by atomic mass is 9.92. The Balaban J connectivity index is 1.84.